The smallest absolute Gasteiger partial charge is 0.237 e. The molecule has 0 radical (unpaired) electrons. The number of ether oxygens (including phenoxy) is 1. The third-order valence-corrected chi connectivity index (χ3v) is 3.76. The lowest BCUT2D eigenvalue weighted by atomic mass is 10.2. The van der Waals surface area contributed by atoms with Crippen LogP contribution in [0, 0.1) is 6.92 Å². The van der Waals surface area contributed by atoms with Gasteiger partial charge < -0.3 is 10.1 Å². The second-order valence-electron chi connectivity index (χ2n) is 4.51. The summed E-state index contributed by atoms with van der Waals surface area (Å²) in [5, 5.41) is 5.29. The fraction of sp³-hybridized carbons (Fsp3) is 0.133. The van der Waals surface area contributed by atoms with Crippen molar-refractivity contribution in [2.24, 2.45) is 0 Å². The van der Waals surface area contributed by atoms with Gasteiger partial charge in [-0.1, -0.05) is 28.1 Å². The summed E-state index contributed by atoms with van der Waals surface area (Å²) in [6.07, 6.45) is 3.48. The van der Waals surface area contributed by atoms with Crippen molar-refractivity contribution in [3.05, 3.63) is 46.8 Å². The van der Waals surface area contributed by atoms with Crippen molar-refractivity contribution in [2.45, 2.75) is 6.92 Å². The number of hydrogen-bond donors (Lipinski definition) is 1. The Morgan fingerprint density at radius 3 is 2.81 bits per heavy atom. The third kappa shape index (κ3) is 2.80. The van der Waals surface area contributed by atoms with Gasteiger partial charge in [0, 0.05) is 16.1 Å². The van der Waals surface area contributed by atoms with E-state index >= 15 is 0 Å². The van der Waals surface area contributed by atoms with Crippen LogP contribution in [0.3, 0.4) is 0 Å². The Labute approximate surface area is 130 Å². The van der Waals surface area contributed by atoms with Gasteiger partial charge in [-0.15, -0.1) is 0 Å². The van der Waals surface area contributed by atoms with Crippen LogP contribution in [-0.2, 0) is 0 Å². The molecule has 0 spiro atoms. The zero-order valence-corrected chi connectivity index (χ0v) is 13.2. The summed E-state index contributed by atoms with van der Waals surface area (Å²) in [5.41, 5.74) is 0.749. The highest BCUT2D eigenvalue weighted by molar-refractivity contribution is 9.10. The summed E-state index contributed by atoms with van der Waals surface area (Å²) in [4.78, 5) is 13.0. The molecule has 1 aromatic carbocycles. The van der Waals surface area contributed by atoms with E-state index in [-0.39, 0.29) is 0 Å². The zero-order valence-electron chi connectivity index (χ0n) is 11.6. The summed E-state index contributed by atoms with van der Waals surface area (Å²) >= 11 is 3.52. The third-order valence-electron chi connectivity index (χ3n) is 3.07. The average Bonchev–Trinajstić information content (AvgIpc) is 2.49. The molecule has 0 atom stereocenters. The first kappa shape index (κ1) is 13.8. The number of anilines is 2. The van der Waals surface area contributed by atoms with Crippen LogP contribution in [0.1, 0.15) is 5.69 Å². The van der Waals surface area contributed by atoms with Gasteiger partial charge in [0.25, 0.3) is 0 Å². The molecule has 0 aliphatic heterocycles. The van der Waals surface area contributed by atoms with Crippen LogP contribution >= 0.6 is 15.9 Å². The Kier molecular flexibility index (Phi) is 3.70. The molecule has 3 rings (SSSR count). The second kappa shape index (κ2) is 5.65. The molecule has 0 fully saturated rings. The van der Waals surface area contributed by atoms with Crippen LogP contribution in [0.15, 0.2) is 41.1 Å². The number of aromatic nitrogens is 3. The van der Waals surface area contributed by atoms with Gasteiger partial charge in [-0.05, 0) is 24.4 Å². The van der Waals surface area contributed by atoms with Crippen molar-refractivity contribution in [3.8, 4) is 5.88 Å². The van der Waals surface area contributed by atoms with Gasteiger partial charge in [-0.25, -0.2) is 4.98 Å². The topological polar surface area (TPSA) is 59.9 Å². The molecule has 5 nitrogen and oxygen atoms in total. The maximum Gasteiger partial charge on any atom is 0.237 e. The van der Waals surface area contributed by atoms with Crippen molar-refractivity contribution in [1.82, 2.24) is 15.0 Å². The zero-order chi connectivity index (χ0) is 14.8. The number of pyridine rings is 1. The molecule has 2 heterocycles. The molecule has 0 saturated carbocycles. The molecule has 1 N–H and O–H groups in total. The Bertz CT molecular complexity index is 807. The van der Waals surface area contributed by atoms with Crippen molar-refractivity contribution in [1.29, 1.82) is 0 Å². The van der Waals surface area contributed by atoms with E-state index in [1.165, 1.54) is 0 Å². The monoisotopic (exact) mass is 344 g/mol. The Morgan fingerprint density at radius 2 is 2.00 bits per heavy atom. The van der Waals surface area contributed by atoms with Gasteiger partial charge in [0.15, 0.2) is 5.82 Å². The number of benzene rings is 1. The number of rotatable bonds is 3. The van der Waals surface area contributed by atoms with Crippen LogP contribution in [0.5, 0.6) is 5.88 Å². The van der Waals surface area contributed by atoms with E-state index in [2.05, 4.69) is 36.2 Å². The van der Waals surface area contributed by atoms with E-state index in [4.69, 9.17) is 4.74 Å². The first-order chi connectivity index (χ1) is 10.2. The molecule has 21 heavy (non-hydrogen) atoms. The SMILES string of the molecule is COc1nc(Nc2cc3cccc(Br)c3cn2)cnc1C. The van der Waals surface area contributed by atoms with Crippen LogP contribution in [0.25, 0.3) is 10.8 Å². The van der Waals surface area contributed by atoms with E-state index in [1.54, 1.807) is 13.3 Å². The molecule has 0 bridgehead atoms. The summed E-state index contributed by atoms with van der Waals surface area (Å²) in [6, 6.07) is 7.99. The van der Waals surface area contributed by atoms with Crippen molar-refractivity contribution in [2.75, 3.05) is 12.4 Å². The van der Waals surface area contributed by atoms with E-state index in [0.29, 0.717) is 17.5 Å². The number of halogens is 1. The molecule has 0 unspecified atom stereocenters. The molecular formula is C15H13BrN4O. The minimum atomic E-state index is 0.503. The normalized spacial score (nSPS) is 10.6. The second-order valence-corrected chi connectivity index (χ2v) is 5.36. The molecule has 0 saturated heterocycles. The number of hydrogen-bond acceptors (Lipinski definition) is 5. The largest absolute Gasteiger partial charge is 0.480 e. The summed E-state index contributed by atoms with van der Waals surface area (Å²) in [6.45, 7) is 1.85. The minimum Gasteiger partial charge on any atom is -0.480 e. The number of aryl methyl sites for hydroxylation is 1. The molecule has 2 aromatic heterocycles. The lowest BCUT2D eigenvalue weighted by molar-refractivity contribution is 0.392. The Hall–Kier alpha value is -2.21. The first-order valence-corrected chi connectivity index (χ1v) is 7.15. The van der Waals surface area contributed by atoms with Crippen LogP contribution < -0.4 is 10.1 Å². The van der Waals surface area contributed by atoms with Gasteiger partial charge in [-0.3, -0.25) is 4.98 Å². The standard InChI is InChI=1S/C15H13BrN4O/c1-9-15(21-2)20-14(8-17-9)19-13-6-10-4-3-5-12(16)11(10)7-18-13/h3-8H,1-2H3,(H,18,19,20). The number of nitrogens with zero attached hydrogens (tertiary/aromatic N) is 3. The van der Waals surface area contributed by atoms with Gasteiger partial charge in [0.2, 0.25) is 5.88 Å². The van der Waals surface area contributed by atoms with Crippen molar-refractivity contribution in [3.63, 3.8) is 0 Å². The Morgan fingerprint density at radius 1 is 1.14 bits per heavy atom. The quantitative estimate of drug-likeness (QED) is 0.781. The van der Waals surface area contributed by atoms with Crippen molar-refractivity contribution >= 4 is 38.3 Å². The number of methoxy groups -OCH3 is 1. The van der Waals surface area contributed by atoms with E-state index in [9.17, 15) is 0 Å². The maximum atomic E-state index is 5.17. The maximum absolute atomic E-state index is 5.17. The lowest BCUT2D eigenvalue weighted by Gasteiger charge is -2.08. The molecule has 0 aliphatic rings. The van der Waals surface area contributed by atoms with Gasteiger partial charge >= 0.3 is 0 Å². The number of nitrogens with one attached hydrogen (secondary N) is 1. The van der Waals surface area contributed by atoms with E-state index in [0.717, 1.165) is 20.9 Å². The minimum absolute atomic E-state index is 0.503. The molecule has 106 valence electrons. The molecule has 3 aromatic rings. The van der Waals surface area contributed by atoms with E-state index in [1.807, 2.05) is 37.4 Å². The fourth-order valence-corrected chi connectivity index (χ4v) is 2.50. The number of fused-ring (bicyclic) bond motifs is 1. The molecular weight excluding hydrogens is 332 g/mol. The average molecular weight is 345 g/mol. The lowest BCUT2D eigenvalue weighted by Crippen LogP contribution is -2.00. The van der Waals surface area contributed by atoms with Gasteiger partial charge in [0.05, 0.1) is 19.0 Å². The molecule has 0 amide bonds. The predicted molar refractivity (Wildman–Crippen MR) is 86.0 cm³/mol. The van der Waals surface area contributed by atoms with Crippen LogP contribution in [0.2, 0.25) is 0 Å². The molecule has 6 heteroatoms. The van der Waals surface area contributed by atoms with Crippen molar-refractivity contribution < 1.29 is 4.74 Å². The highest BCUT2D eigenvalue weighted by atomic mass is 79.9. The highest BCUT2D eigenvalue weighted by Gasteiger charge is 2.06. The summed E-state index contributed by atoms with van der Waals surface area (Å²) < 4.78 is 6.19. The van der Waals surface area contributed by atoms with Crippen LogP contribution in [-0.4, -0.2) is 22.1 Å². The summed E-state index contributed by atoms with van der Waals surface area (Å²) in [5.74, 6) is 1.81. The Balaban J connectivity index is 1.94. The predicted octanol–water partition coefficient (Wildman–Crippen LogP) is 3.85. The first-order valence-electron chi connectivity index (χ1n) is 6.36. The van der Waals surface area contributed by atoms with E-state index < -0.39 is 0 Å². The highest BCUT2D eigenvalue weighted by Crippen LogP contribution is 2.25. The fourth-order valence-electron chi connectivity index (χ4n) is 2.02. The summed E-state index contributed by atoms with van der Waals surface area (Å²) in [7, 11) is 1.58. The molecule has 0 aliphatic carbocycles. The van der Waals surface area contributed by atoms with Crippen LogP contribution in [0.4, 0.5) is 11.6 Å². The van der Waals surface area contributed by atoms with Gasteiger partial charge in [-0.2, -0.15) is 4.98 Å². The van der Waals surface area contributed by atoms with Gasteiger partial charge in [0.1, 0.15) is 5.82 Å².